The van der Waals surface area contributed by atoms with Crippen LogP contribution >= 0.6 is 0 Å². The zero-order chi connectivity index (χ0) is 13.5. The number of rotatable bonds is 6. The van der Waals surface area contributed by atoms with Gasteiger partial charge in [0.1, 0.15) is 5.75 Å². The van der Waals surface area contributed by atoms with Gasteiger partial charge in [0.25, 0.3) is 0 Å². The molecule has 18 heavy (non-hydrogen) atoms. The number of hydrogen-bond acceptors (Lipinski definition) is 3. The van der Waals surface area contributed by atoms with Gasteiger partial charge in [0.15, 0.2) is 0 Å². The van der Waals surface area contributed by atoms with E-state index >= 15 is 0 Å². The molecule has 0 aliphatic heterocycles. The maximum Gasteiger partial charge on any atom is 0.237 e. The second-order valence-electron chi connectivity index (χ2n) is 4.57. The Labute approximate surface area is 109 Å². The average Bonchev–Trinajstić information content (AvgIpc) is 2.36. The number of hydrogen-bond donors (Lipinski definition) is 2. The molecule has 3 N–H and O–H groups in total. The van der Waals surface area contributed by atoms with E-state index in [2.05, 4.69) is 5.32 Å². The van der Waals surface area contributed by atoms with Crippen molar-refractivity contribution in [3.63, 3.8) is 0 Å². The number of nitrogens with one attached hydrogen (secondary N) is 1. The van der Waals surface area contributed by atoms with Crippen LogP contribution in [0, 0.1) is 5.92 Å². The molecule has 4 heteroatoms. The van der Waals surface area contributed by atoms with Crippen LogP contribution in [-0.2, 0) is 11.3 Å². The first-order valence-electron chi connectivity index (χ1n) is 6.29. The van der Waals surface area contributed by atoms with Gasteiger partial charge in [-0.3, -0.25) is 4.79 Å². The van der Waals surface area contributed by atoms with Gasteiger partial charge in [-0.05, 0) is 30.5 Å². The molecule has 0 radical (unpaired) electrons. The Morgan fingerprint density at radius 3 is 2.78 bits per heavy atom. The zero-order valence-corrected chi connectivity index (χ0v) is 11.3. The molecule has 0 heterocycles. The third-order valence-corrected chi connectivity index (χ3v) is 2.70. The maximum atomic E-state index is 11.7. The molecule has 4 nitrogen and oxygen atoms in total. The molecule has 0 aromatic heterocycles. The summed E-state index contributed by atoms with van der Waals surface area (Å²) in [4.78, 5) is 11.7. The first-order chi connectivity index (χ1) is 8.54. The highest BCUT2D eigenvalue weighted by atomic mass is 16.5. The van der Waals surface area contributed by atoms with Crippen LogP contribution in [0.15, 0.2) is 24.3 Å². The summed E-state index contributed by atoms with van der Waals surface area (Å²) in [5, 5.41) is 2.83. The monoisotopic (exact) mass is 250 g/mol. The fourth-order valence-corrected chi connectivity index (χ4v) is 1.52. The smallest absolute Gasteiger partial charge is 0.237 e. The van der Waals surface area contributed by atoms with Crippen molar-refractivity contribution in [2.24, 2.45) is 11.7 Å². The lowest BCUT2D eigenvalue weighted by atomic mass is 10.0. The minimum atomic E-state index is -0.458. The summed E-state index contributed by atoms with van der Waals surface area (Å²) < 4.78 is 5.40. The van der Waals surface area contributed by atoms with Crippen molar-refractivity contribution in [2.45, 2.75) is 33.4 Å². The Kier molecular flexibility index (Phi) is 5.65. The second kappa shape index (κ2) is 7.01. The summed E-state index contributed by atoms with van der Waals surface area (Å²) in [7, 11) is 0. The molecule has 0 fully saturated rings. The predicted molar refractivity (Wildman–Crippen MR) is 72.3 cm³/mol. The van der Waals surface area contributed by atoms with Gasteiger partial charge < -0.3 is 15.8 Å². The van der Waals surface area contributed by atoms with Crippen LogP contribution < -0.4 is 15.8 Å². The molecule has 0 aliphatic rings. The van der Waals surface area contributed by atoms with Gasteiger partial charge >= 0.3 is 0 Å². The van der Waals surface area contributed by atoms with Gasteiger partial charge in [-0.25, -0.2) is 0 Å². The number of nitrogens with two attached hydrogens (primary N) is 1. The van der Waals surface area contributed by atoms with Crippen molar-refractivity contribution in [3.05, 3.63) is 29.8 Å². The van der Waals surface area contributed by atoms with Crippen LogP contribution in [0.3, 0.4) is 0 Å². The number of ether oxygens (including phenoxy) is 1. The number of carbonyl (C=O) groups excluding carboxylic acids is 1. The standard InChI is InChI=1S/C14H22N2O2/c1-4-18-12-7-5-6-11(8-12)9-16-14(17)13(15)10(2)3/h5-8,10,13H,4,9,15H2,1-3H3,(H,16,17). The lowest BCUT2D eigenvalue weighted by molar-refractivity contribution is -0.123. The fraction of sp³-hybridized carbons (Fsp3) is 0.500. The Balaban J connectivity index is 2.53. The van der Waals surface area contributed by atoms with Gasteiger partial charge in [-0.1, -0.05) is 26.0 Å². The Bertz CT molecular complexity index is 391. The molecule has 1 aromatic carbocycles. The van der Waals surface area contributed by atoms with Crippen LogP contribution in [-0.4, -0.2) is 18.6 Å². The molecular formula is C14H22N2O2. The number of benzene rings is 1. The van der Waals surface area contributed by atoms with Crippen LogP contribution in [0.1, 0.15) is 26.3 Å². The molecule has 1 aromatic rings. The minimum absolute atomic E-state index is 0.119. The van der Waals surface area contributed by atoms with E-state index in [4.69, 9.17) is 10.5 Å². The molecule has 0 saturated heterocycles. The maximum absolute atomic E-state index is 11.7. The van der Waals surface area contributed by atoms with Crippen molar-refractivity contribution in [1.82, 2.24) is 5.32 Å². The third-order valence-electron chi connectivity index (χ3n) is 2.70. The molecule has 0 saturated carbocycles. The number of carbonyl (C=O) groups is 1. The van der Waals surface area contributed by atoms with E-state index in [1.807, 2.05) is 45.0 Å². The summed E-state index contributed by atoms with van der Waals surface area (Å²) in [6.07, 6.45) is 0. The van der Waals surface area contributed by atoms with Gasteiger partial charge in [0, 0.05) is 6.54 Å². The first-order valence-corrected chi connectivity index (χ1v) is 6.29. The van der Waals surface area contributed by atoms with Crippen molar-refractivity contribution >= 4 is 5.91 Å². The van der Waals surface area contributed by atoms with Crippen LogP contribution in [0.5, 0.6) is 5.75 Å². The normalized spacial score (nSPS) is 12.3. The van der Waals surface area contributed by atoms with Gasteiger partial charge in [-0.15, -0.1) is 0 Å². The number of amides is 1. The van der Waals surface area contributed by atoms with E-state index in [1.54, 1.807) is 0 Å². The summed E-state index contributed by atoms with van der Waals surface area (Å²) in [5.74, 6) is 0.837. The van der Waals surface area contributed by atoms with Crippen molar-refractivity contribution in [1.29, 1.82) is 0 Å². The lowest BCUT2D eigenvalue weighted by Crippen LogP contribution is -2.43. The molecule has 0 spiro atoms. The van der Waals surface area contributed by atoms with E-state index in [1.165, 1.54) is 0 Å². The molecule has 1 amide bonds. The summed E-state index contributed by atoms with van der Waals surface area (Å²) in [6, 6.07) is 7.22. The first kappa shape index (κ1) is 14.5. The molecular weight excluding hydrogens is 228 g/mol. The second-order valence-corrected chi connectivity index (χ2v) is 4.57. The highest BCUT2D eigenvalue weighted by Gasteiger charge is 2.16. The third kappa shape index (κ3) is 4.37. The Hall–Kier alpha value is -1.55. The minimum Gasteiger partial charge on any atom is -0.494 e. The average molecular weight is 250 g/mol. The molecule has 1 atom stereocenters. The Morgan fingerprint density at radius 2 is 2.17 bits per heavy atom. The zero-order valence-electron chi connectivity index (χ0n) is 11.3. The van der Waals surface area contributed by atoms with Gasteiger partial charge in [-0.2, -0.15) is 0 Å². The molecule has 100 valence electrons. The molecule has 0 aliphatic carbocycles. The van der Waals surface area contributed by atoms with Crippen molar-refractivity contribution in [3.8, 4) is 5.75 Å². The summed E-state index contributed by atoms with van der Waals surface area (Å²) in [5.41, 5.74) is 6.77. The van der Waals surface area contributed by atoms with E-state index in [0.717, 1.165) is 11.3 Å². The van der Waals surface area contributed by atoms with Crippen molar-refractivity contribution in [2.75, 3.05) is 6.61 Å². The van der Waals surface area contributed by atoms with Gasteiger partial charge in [0.2, 0.25) is 5.91 Å². The Morgan fingerprint density at radius 1 is 1.44 bits per heavy atom. The highest BCUT2D eigenvalue weighted by Crippen LogP contribution is 2.13. The van der Waals surface area contributed by atoms with E-state index in [0.29, 0.717) is 13.2 Å². The topological polar surface area (TPSA) is 64.3 Å². The molecule has 0 bridgehead atoms. The largest absolute Gasteiger partial charge is 0.494 e. The lowest BCUT2D eigenvalue weighted by Gasteiger charge is -2.15. The van der Waals surface area contributed by atoms with Gasteiger partial charge in [0.05, 0.1) is 12.6 Å². The van der Waals surface area contributed by atoms with Crippen LogP contribution in [0.4, 0.5) is 0 Å². The quantitative estimate of drug-likeness (QED) is 0.807. The van der Waals surface area contributed by atoms with Crippen LogP contribution in [0.2, 0.25) is 0 Å². The fourth-order valence-electron chi connectivity index (χ4n) is 1.52. The van der Waals surface area contributed by atoms with Crippen LogP contribution in [0.25, 0.3) is 0 Å². The molecule has 1 rings (SSSR count). The highest BCUT2D eigenvalue weighted by molar-refractivity contribution is 5.81. The molecule has 1 unspecified atom stereocenters. The summed E-state index contributed by atoms with van der Waals surface area (Å²) >= 11 is 0. The predicted octanol–water partition coefficient (Wildman–Crippen LogP) is 1.68. The SMILES string of the molecule is CCOc1cccc(CNC(=O)C(N)C(C)C)c1. The van der Waals surface area contributed by atoms with E-state index < -0.39 is 6.04 Å². The van der Waals surface area contributed by atoms with E-state index in [9.17, 15) is 4.79 Å². The van der Waals surface area contributed by atoms with E-state index in [-0.39, 0.29) is 11.8 Å². The summed E-state index contributed by atoms with van der Waals surface area (Å²) in [6.45, 7) is 6.91. The van der Waals surface area contributed by atoms with Crippen molar-refractivity contribution < 1.29 is 9.53 Å².